The van der Waals surface area contributed by atoms with Gasteiger partial charge < -0.3 is 15.3 Å². The van der Waals surface area contributed by atoms with Crippen LogP contribution in [-0.2, 0) is 0 Å². The summed E-state index contributed by atoms with van der Waals surface area (Å²) in [5, 5.41) is 27.7. The molecule has 0 aliphatic carbocycles. The van der Waals surface area contributed by atoms with Crippen molar-refractivity contribution in [3.63, 3.8) is 0 Å². The number of rotatable bonds is 4. The molecule has 0 heterocycles. The number of aliphatic hydroxyl groups excluding tert-OH is 3. The van der Waals surface area contributed by atoms with Crippen molar-refractivity contribution in [2.75, 3.05) is 6.61 Å². The van der Waals surface area contributed by atoms with Gasteiger partial charge in [0.15, 0.2) is 0 Å². The largest absolute Gasteiger partial charge is 0.396 e. The highest BCUT2D eigenvalue weighted by molar-refractivity contribution is 9.10. The second kappa shape index (κ2) is 5.55. The van der Waals surface area contributed by atoms with Gasteiger partial charge in [-0.05, 0) is 24.6 Å². The molecular formula is C10H12BrFO3. The smallest absolute Gasteiger partial charge is 0.123 e. The molecule has 1 rings (SSSR count). The van der Waals surface area contributed by atoms with E-state index < -0.39 is 18.0 Å². The summed E-state index contributed by atoms with van der Waals surface area (Å²) in [7, 11) is 0. The van der Waals surface area contributed by atoms with Gasteiger partial charge in [-0.15, -0.1) is 0 Å². The van der Waals surface area contributed by atoms with Crippen molar-refractivity contribution < 1.29 is 19.7 Å². The summed E-state index contributed by atoms with van der Waals surface area (Å²) in [5.74, 6) is -0.483. The maximum atomic E-state index is 12.9. The maximum absolute atomic E-state index is 12.9. The fourth-order valence-corrected chi connectivity index (χ4v) is 1.72. The van der Waals surface area contributed by atoms with Crippen LogP contribution in [0.3, 0.4) is 0 Å². The summed E-state index contributed by atoms with van der Waals surface area (Å²) in [6.07, 6.45) is -2.26. The summed E-state index contributed by atoms with van der Waals surface area (Å²) < 4.78 is 13.4. The molecule has 0 spiro atoms. The van der Waals surface area contributed by atoms with Crippen LogP contribution in [0, 0.1) is 5.82 Å². The number of aliphatic hydroxyl groups is 3. The first-order chi connectivity index (χ1) is 7.06. The summed E-state index contributed by atoms with van der Waals surface area (Å²) in [6, 6.07) is 3.85. The van der Waals surface area contributed by atoms with Crippen LogP contribution in [-0.4, -0.2) is 28.0 Å². The highest BCUT2D eigenvalue weighted by Crippen LogP contribution is 2.27. The average Bonchev–Trinajstić information content (AvgIpc) is 2.21. The third-order valence-corrected chi connectivity index (χ3v) is 2.79. The van der Waals surface area contributed by atoms with Gasteiger partial charge in [-0.25, -0.2) is 4.39 Å². The molecule has 2 unspecified atom stereocenters. The SMILES string of the molecule is OCCC(O)C(O)c1cc(F)ccc1Br. The van der Waals surface area contributed by atoms with Crippen LogP contribution in [0.25, 0.3) is 0 Å². The Morgan fingerprint density at radius 1 is 1.33 bits per heavy atom. The number of hydrogen-bond acceptors (Lipinski definition) is 3. The van der Waals surface area contributed by atoms with Crippen molar-refractivity contribution in [1.29, 1.82) is 0 Å². The molecule has 0 radical (unpaired) electrons. The van der Waals surface area contributed by atoms with Gasteiger partial charge in [-0.3, -0.25) is 0 Å². The Morgan fingerprint density at radius 3 is 2.60 bits per heavy atom. The first-order valence-electron chi connectivity index (χ1n) is 4.48. The van der Waals surface area contributed by atoms with Crippen LogP contribution in [0.2, 0.25) is 0 Å². The van der Waals surface area contributed by atoms with E-state index in [1.807, 2.05) is 0 Å². The zero-order chi connectivity index (χ0) is 11.4. The van der Waals surface area contributed by atoms with Gasteiger partial charge in [0.2, 0.25) is 0 Å². The Kier molecular flexibility index (Phi) is 4.66. The first kappa shape index (κ1) is 12.6. The predicted molar refractivity (Wildman–Crippen MR) is 56.8 cm³/mol. The predicted octanol–water partition coefficient (Wildman–Crippen LogP) is 1.36. The van der Waals surface area contributed by atoms with Gasteiger partial charge >= 0.3 is 0 Å². The van der Waals surface area contributed by atoms with E-state index in [2.05, 4.69) is 15.9 Å². The third-order valence-electron chi connectivity index (χ3n) is 2.07. The minimum absolute atomic E-state index is 0.0458. The lowest BCUT2D eigenvalue weighted by Gasteiger charge is -2.18. The minimum atomic E-state index is -1.21. The minimum Gasteiger partial charge on any atom is -0.396 e. The first-order valence-corrected chi connectivity index (χ1v) is 5.27. The highest BCUT2D eigenvalue weighted by atomic mass is 79.9. The van der Waals surface area contributed by atoms with E-state index in [1.165, 1.54) is 12.1 Å². The Labute approximate surface area is 95.3 Å². The fourth-order valence-electron chi connectivity index (χ4n) is 1.24. The standard InChI is InChI=1S/C10H12BrFO3/c11-8-2-1-6(12)5-7(8)10(15)9(14)3-4-13/h1-2,5,9-10,13-15H,3-4H2. The molecule has 0 saturated carbocycles. The molecule has 0 fully saturated rings. The summed E-state index contributed by atoms with van der Waals surface area (Å²) in [4.78, 5) is 0. The van der Waals surface area contributed by atoms with Crippen molar-refractivity contribution in [2.45, 2.75) is 18.6 Å². The zero-order valence-electron chi connectivity index (χ0n) is 7.90. The Morgan fingerprint density at radius 2 is 2.00 bits per heavy atom. The summed E-state index contributed by atoms with van der Waals surface area (Å²) in [6.45, 7) is -0.231. The lowest BCUT2D eigenvalue weighted by atomic mass is 10.0. The third kappa shape index (κ3) is 3.24. The molecule has 5 heteroatoms. The topological polar surface area (TPSA) is 60.7 Å². The fraction of sp³-hybridized carbons (Fsp3) is 0.400. The van der Waals surface area contributed by atoms with E-state index in [0.29, 0.717) is 4.47 Å². The Hall–Kier alpha value is -0.490. The van der Waals surface area contributed by atoms with Crippen LogP contribution < -0.4 is 0 Å². The van der Waals surface area contributed by atoms with E-state index in [4.69, 9.17) is 5.11 Å². The van der Waals surface area contributed by atoms with Crippen molar-refractivity contribution in [3.8, 4) is 0 Å². The molecule has 3 nitrogen and oxygen atoms in total. The number of hydrogen-bond donors (Lipinski definition) is 3. The average molecular weight is 279 g/mol. The van der Waals surface area contributed by atoms with Crippen molar-refractivity contribution in [2.24, 2.45) is 0 Å². The Bertz CT molecular complexity index is 332. The second-order valence-corrected chi connectivity index (χ2v) is 4.04. The van der Waals surface area contributed by atoms with Gasteiger partial charge in [0, 0.05) is 16.6 Å². The molecule has 0 aliphatic rings. The molecule has 1 aromatic carbocycles. The lowest BCUT2D eigenvalue weighted by molar-refractivity contribution is 0.00370. The maximum Gasteiger partial charge on any atom is 0.123 e. The van der Waals surface area contributed by atoms with Gasteiger partial charge in [0.1, 0.15) is 11.9 Å². The molecule has 0 bridgehead atoms. The number of benzene rings is 1. The molecule has 2 atom stereocenters. The molecule has 0 amide bonds. The zero-order valence-corrected chi connectivity index (χ0v) is 9.48. The van der Waals surface area contributed by atoms with Crippen molar-refractivity contribution >= 4 is 15.9 Å². The Balaban J connectivity index is 2.89. The summed E-state index contributed by atoms with van der Waals surface area (Å²) >= 11 is 3.15. The van der Waals surface area contributed by atoms with Crippen LogP contribution >= 0.6 is 15.9 Å². The molecular weight excluding hydrogens is 267 g/mol. The second-order valence-electron chi connectivity index (χ2n) is 3.19. The molecule has 0 aliphatic heterocycles. The lowest BCUT2D eigenvalue weighted by Crippen LogP contribution is -2.20. The monoisotopic (exact) mass is 278 g/mol. The summed E-state index contributed by atoms with van der Waals surface area (Å²) in [5.41, 5.74) is 0.274. The highest BCUT2D eigenvalue weighted by Gasteiger charge is 2.20. The van der Waals surface area contributed by atoms with Gasteiger partial charge in [-0.2, -0.15) is 0 Å². The van der Waals surface area contributed by atoms with E-state index >= 15 is 0 Å². The van der Waals surface area contributed by atoms with Gasteiger partial charge in [-0.1, -0.05) is 15.9 Å². The van der Waals surface area contributed by atoms with E-state index in [0.717, 1.165) is 6.07 Å². The van der Waals surface area contributed by atoms with Gasteiger partial charge in [0.05, 0.1) is 6.10 Å². The van der Waals surface area contributed by atoms with E-state index in [9.17, 15) is 14.6 Å². The number of halogens is 2. The molecule has 1 aromatic rings. The van der Waals surface area contributed by atoms with Gasteiger partial charge in [0.25, 0.3) is 0 Å². The quantitative estimate of drug-likeness (QED) is 0.780. The molecule has 3 N–H and O–H groups in total. The van der Waals surface area contributed by atoms with Crippen LogP contribution in [0.4, 0.5) is 4.39 Å². The van der Waals surface area contributed by atoms with E-state index in [1.54, 1.807) is 0 Å². The van der Waals surface area contributed by atoms with E-state index in [-0.39, 0.29) is 18.6 Å². The molecule has 0 saturated heterocycles. The molecule has 15 heavy (non-hydrogen) atoms. The molecule has 0 aromatic heterocycles. The van der Waals surface area contributed by atoms with Crippen LogP contribution in [0.1, 0.15) is 18.1 Å². The van der Waals surface area contributed by atoms with Crippen molar-refractivity contribution in [3.05, 3.63) is 34.1 Å². The van der Waals surface area contributed by atoms with Crippen LogP contribution in [0.5, 0.6) is 0 Å². The normalized spacial score (nSPS) is 15.0. The van der Waals surface area contributed by atoms with Crippen LogP contribution in [0.15, 0.2) is 22.7 Å². The van der Waals surface area contributed by atoms with Crippen molar-refractivity contribution in [1.82, 2.24) is 0 Å². The molecule has 84 valence electrons.